The molecule has 0 unspecified atom stereocenters. The molecule has 0 aromatic heterocycles. The van der Waals surface area contributed by atoms with Crippen molar-refractivity contribution >= 4 is 17.8 Å². The fraction of sp³-hybridized carbons (Fsp3) is 0.190. The van der Waals surface area contributed by atoms with Gasteiger partial charge in [0.05, 0.1) is 14.2 Å². The summed E-state index contributed by atoms with van der Waals surface area (Å²) < 4.78 is 9.19. The van der Waals surface area contributed by atoms with Gasteiger partial charge >= 0.3 is 11.9 Å². The molecule has 0 heterocycles. The minimum atomic E-state index is -0.905. The van der Waals surface area contributed by atoms with Crippen LogP contribution in [0.15, 0.2) is 66.7 Å². The van der Waals surface area contributed by atoms with E-state index in [1.165, 1.54) is 26.4 Å². The van der Waals surface area contributed by atoms with E-state index in [0.717, 1.165) is 11.1 Å². The van der Waals surface area contributed by atoms with E-state index >= 15 is 0 Å². The van der Waals surface area contributed by atoms with Crippen molar-refractivity contribution in [1.82, 2.24) is 5.32 Å². The van der Waals surface area contributed by atoms with Crippen LogP contribution in [0.25, 0.3) is 11.1 Å². The van der Waals surface area contributed by atoms with E-state index in [4.69, 9.17) is 4.74 Å². The molecule has 140 valence electrons. The molecule has 0 spiro atoms. The summed E-state index contributed by atoms with van der Waals surface area (Å²) in [5.41, 5.74) is 2.45. The molecule has 0 aliphatic rings. The van der Waals surface area contributed by atoms with Crippen molar-refractivity contribution in [2.45, 2.75) is 12.5 Å². The van der Waals surface area contributed by atoms with Gasteiger partial charge in [-0.3, -0.25) is 4.79 Å². The lowest BCUT2D eigenvalue weighted by Gasteiger charge is -2.15. The molecule has 1 amide bonds. The number of carbonyl (C=O) groups is 3. The Morgan fingerprint density at radius 3 is 2.15 bits per heavy atom. The van der Waals surface area contributed by atoms with Crippen molar-refractivity contribution in [3.05, 3.63) is 72.3 Å². The van der Waals surface area contributed by atoms with Gasteiger partial charge in [-0.25, -0.2) is 9.59 Å². The van der Waals surface area contributed by atoms with E-state index in [0.29, 0.717) is 5.56 Å². The molecule has 0 radical (unpaired) electrons. The first-order valence-corrected chi connectivity index (χ1v) is 8.34. The summed E-state index contributed by atoms with van der Waals surface area (Å²) in [6, 6.07) is 15.9. The van der Waals surface area contributed by atoms with E-state index in [2.05, 4.69) is 10.1 Å². The van der Waals surface area contributed by atoms with Crippen LogP contribution in [0, 0.1) is 0 Å². The summed E-state index contributed by atoms with van der Waals surface area (Å²) in [5, 5.41) is 2.62. The largest absolute Gasteiger partial charge is 0.467 e. The van der Waals surface area contributed by atoms with Crippen LogP contribution in [0.5, 0.6) is 0 Å². The van der Waals surface area contributed by atoms with Crippen molar-refractivity contribution < 1.29 is 23.9 Å². The lowest BCUT2D eigenvalue weighted by atomic mass is 10.0. The molecule has 2 rings (SSSR count). The molecule has 6 nitrogen and oxygen atoms in total. The predicted molar refractivity (Wildman–Crippen MR) is 101 cm³/mol. The number of hydrogen-bond acceptors (Lipinski definition) is 5. The first-order chi connectivity index (χ1) is 13.0. The molecule has 6 heteroatoms. The number of esters is 2. The Kier molecular flexibility index (Phi) is 7.31. The van der Waals surface area contributed by atoms with E-state index in [9.17, 15) is 14.4 Å². The molecule has 0 fully saturated rings. The fourth-order valence-electron chi connectivity index (χ4n) is 2.41. The monoisotopic (exact) mass is 367 g/mol. The standard InChI is InChI=1S/C21H21NO5/c1-26-19(23)10-6-9-18(21(25)27-2)22-20(24)17-13-11-16(12-14-17)15-7-4-3-5-8-15/h3-8,10-14,18H,9H2,1-2H3,(H,22,24)/b10-6+/t18-/m1/s1. The normalized spacial score (nSPS) is 11.6. The molecule has 1 atom stereocenters. The van der Waals surface area contributed by atoms with E-state index in [1.54, 1.807) is 12.1 Å². The first kappa shape index (κ1) is 19.9. The SMILES string of the molecule is COC(=O)/C=C/C[C@@H](NC(=O)c1ccc(-c2ccccc2)cc1)C(=O)OC. The molecule has 2 aromatic rings. The number of methoxy groups -OCH3 is 2. The van der Waals surface area contributed by atoms with Gasteiger partial charge in [0.1, 0.15) is 6.04 Å². The van der Waals surface area contributed by atoms with Crippen molar-refractivity contribution in [3.8, 4) is 11.1 Å². The van der Waals surface area contributed by atoms with Crippen molar-refractivity contribution in [3.63, 3.8) is 0 Å². The van der Waals surface area contributed by atoms with Crippen molar-refractivity contribution in [1.29, 1.82) is 0 Å². The minimum Gasteiger partial charge on any atom is -0.467 e. The smallest absolute Gasteiger partial charge is 0.330 e. The van der Waals surface area contributed by atoms with Crippen molar-refractivity contribution in [2.75, 3.05) is 14.2 Å². The summed E-state index contributed by atoms with van der Waals surface area (Å²) in [4.78, 5) is 35.4. The van der Waals surface area contributed by atoms with Crippen LogP contribution in [-0.4, -0.2) is 38.1 Å². The summed E-state index contributed by atoms with van der Waals surface area (Å²) in [5.74, 6) is -1.54. The van der Waals surface area contributed by atoms with Gasteiger partial charge in [-0.2, -0.15) is 0 Å². The molecule has 2 aromatic carbocycles. The fourth-order valence-corrected chi connectivity index (χ4v) is 2.41. The molecule has 0 aliphatic carbocycles. The van der Waals surface area contributed by atoms with Crippen LogP contribution in [0.2, 0.25) is 0 Å². The third kappa shape index (κ3) is 5.81. The van der Waals surface area contributed by atoms with Gasteiger partial charge in [-0.1, -0.05) is 48.5 Å². The Morgan fingerprint density at radius 1 is 0.926 bits per heavy atom. The summed E-state index contributed by atoms with van der Waals surface area (Å²) in [7, 11) is 2.49. The average Bonchev–Trinajstić information content (AvgIpc) is 2.72. The number of carbonyl (C=O) groups excluding carboxylic acids is 3. The van der Waals surface area contributed by atoms with E-state index < -0.39 is 23.9 Å². The second-order valence-corrected chi connectivity index (χ2v) is 5.65. The van der Waals surface area contributed by atoms with Gasteiger partial charge in [0.15, 0.2) is 0 Å². The Hall–Kier alpha value is -3.41. The number of benzene rings is 2. The van der Waals surface area contributed by atoms with Gasteiger partial charge in [-0.05, 0) is 29.7 Å². The zero-order valence-corrected chi connectivity index (χ0v) is 15.2. The van der Waals surface area contributed by atoms with Gasteiger partial charge < -0.3 is 14.8 Å². The first-order valence-electron chi connectivity index (χ1n) is 8.34. The molecule has 0 aliphatic heterocycles. The van der Waals surface area contributed by atoms with Crippen LogP contribution in [-0.2, 0) is 19.1 Å². The molecule has 0 saturated heterocycles. The average molecular weight is 367 g/mol. The third-order valence-corrected chi connectivity index (χ3v) is 3.87. The third-order valence-electron chi connectivity index (χ3n) is 3.87. The van der Waals surface area contributed by atoms with Crippen LogP contribution in [0.3, 0.4) is 0 Å². The molecule has 0 saturated carbocycles. The van der Waals surface area contributed by atoms with Gasteiger partial charge in [0.25, 0.3) is 5.91 Å². The number of nitrogens with one attached hydrogen (secondary N) is 1. The Bertz CT molecular complexity index is 812. The Labute approximate surface area is 157 Å². The molecular weight excluding hydrogens is 346 g/mol. The summed E-state index contributed by atoms with van der Waals surface area (Å²) in [6.07, 6.45) is 2.75. The maximum Gasteiger partial charge on any atom is 0.330 e. The Morgan fingerprint density at radius 2 is 1.56 bits per heavy atom. The maximum atomic E-state index is 12.4. The van der Waals surface area contributed by atoms with Crippen LogP contribution < -0.4 is 5.32 Å². The highest BCUT2D eigenvalue weighted by Crippen LogP contribution is 2.19. The highest BCUT2D eigenvalue weighted by Gasteiger charge is 2.21. The zero-order valence-electron chi connectivity index (χ0n) is 15.2. The minimum absolute atomic E-state index is 0.107. The lowest BCUT2D eigenvalue weighted by molar-refractivity contribution is -0.143. The number of rotatable bonds is 7. The predicted octanol–water partition coefficient (Wildman–Crippen LogP) is 2.74. The highest BCUT2D eigenvalue weighted by molar-refractivity contribution is 5.97. The molecule has 0 bridgehead atoms. The van der Waals surface area contributed by atoms with Gasteiger partial charge in [0.2, 0.25) is 0 Å². The molecule has 1 N–H and O–H groups in total. The Balaban J connectivity index is 2.06. The van der Waals surface area contributed by atoms with Crippen molar-refractivity contribution in [2.24, 2.45) is 0 Å². The van der Waals surface area contributed by atoms with E-state index in [-0.39, 0.29) is 6.42 Å². The topological polar surface area (TPSA) is 81.7 Å². The number of hydrogen-bond donors (Lipinski definition) is 1. The van der Waals surface area contributed by atoms with Gasteiger partial charge in [-0.15, -0.1) is 0 Å². The molecule has 27 heavy (non-hydrogen) atoms. The summed E-state index contributed by atoms with van der Waals surface area (Å²) >= 11 is 0. The zero-order chi connectivity index (χ0) is 19.6. The summed E-state index contributed by atoms with van der Waals surface area (Å²) in [6.45, 7) is 0. The maximum absolute atomic E-state index is 12.4. The van der Waals surface area contributed by atoms with E-state index in [1.807, 2.05) is 42.5 Å². The van der Waals surface area contributed by atoms with Crippen LogP contribution in [0.4, 0.5) is 0 Å². The second-order valence-electron chi connectivity index (χ2n) is 5.65. The number of ether oxygens (including phenoxy) is 2. The van der Waals surface area contributed by atoms with Crippen LogP contribution in [0.1, 0.15) is 16.8 Å². The van der Waals surface area contributed by atoms with Gasteiger partial charge in [0, 0.05) is 11.6 Å². The number of amides is 1. The quantitative estimate of drug-likeness (QED) is 0.601. The second kappa shape index (κ2) is 9.91. The van der Waals surface area contributed by atoms with Crippen LogP contribution >= 0.6 is 0 Å². The highest BCUT2D eigenvalue weighted by atomic mass is 16.5. The molecular formula is C21H21NO5. The lowest BCUT2D eigenvalue weighted by Crippen LogP contribution is -2.41.